The molecule has 0 fully saturated rings. The minimum absolute atomic E-state index is 0.0101. The van der Waals surface area contributed by atoms with E-state index in [1.165, 1.54) is 36.5 Å². The van der Waals surface area contributed by atoms with Crippen molar-refractivity contribution in [3.8, 4) is 10.6 Å². The third-order valence-corrected chi connectivity index (χ3v) is 9.08. The van der Waals surface area contributed by atoms with Crippen LogP contribution in [0.2, 0.25) is 0 Å². The highest BCUT2D eigenvalue weighted by Crippen LogP contribution is 2.43. The molecular weight excluding hydrogens is 703 g/mol. The molecule has 50 heavy (non-hydrogen) atoms. The molecule has 2 unspecified atom stereocenters. The number of tetrazole rings is 1. The van der Waals surface area contributed by atoms with E-state index in [1.807, 2.05) is 6.92 Å². The molecule has 1 aliphatic rings. The Kier molecular flexibility index (Phi) is 10.1. The Hall–Kier alpha value is -4.74. The summed E-state index contributed by atoms with van der Waals surface area (Å²) in [7, 11) is 2.61. The highest BCUT2D eigenvalue weighted by Gasteiger charge is 2.39. The van der Waals surface area contributed by atoms with Crippen molar-refractivity contribution in [2.24, 2.45) is 13.0 Å². The lowest BCUT2D eigenvalue weighted by Crippen LogP contribution is -2.34. The Morgan fingerprint density at radius 3 is 2.12 bits per heavy atom. The second-order valence-electron chi connectivity index (χ2n) is 11.3. The van der Waals surface area contributed by atoms with Crippen LogP contribution >= 0.6 is 11.3 Å². The van der Waals surface area contributed by atoms with E-state index < -0.39 is 65.1 Å². The summed E-state index contributed by atoms with van der Waals surface area (Å²) in [6.07, 6.45) is -11.3. The van der Waals surface area contributed by atoms with E-state index in [9.17, 15) is 44.3 Å². The Morgan fingerprint density at radius 2 is 1.60 bits per heavy atom. The number of halogens is 9. The Labute approximate surface area is 282 Å². The average Bonchev–Trinajstić information content (AvgIpc) is 3.69. The number of methoxy groups -OCH3 is 1. The van der Waals surface area contributed by atoms with Crippen molar-refractivity contribution in [3.63, 3.8) is 0 Å². The average molecular weight is 731 g/mol. The summed E-state index contributed by atoms with van der Waals surface area (Å²) in [5, 5.41) is 12.1. The number of aromatic nitrogens is 5. The molecule has 0 saturated heterocycles. The van der Waals surface area contributed by atoms with Crippen LogP contribution in [0.1, 0.15) is 50.5 Å². The van der Waals surface area contributed by atoms with E-state index in [0.29, 0.717) is 40.4 Å². The molecule has 0 spiro atoms. The van der Waals surface area contributed by atoms with Gasteiger partial charge in [0.1, 0.15) is 5.01 Å². The van der Waals surface area contributed by atoms with E-state index in [2.05, 4.69) is 15.4 Å². The van der Waals surface area contributed by atoms with Crippen molar-refractivity contribution in [3.05, 3.63) is 99.1 Å². The first-order valence-corrected chi connectivity index (χ1v) is 15.6. The van der Waals surface area contributed by atoms with Crippen molar-refractivity contribution < 1.29 is 49.0 Å². The van der Waals surface area contributed by atoms with E-state index >= 15 is 0 Å². The highest BCUT2D eigenvalue weighted by molar-refractivity contribution is 7.15. The van der Waals surface area contributed by atoms with E-state index in [4.69, 9.17) is 9.72 Å². The number of carbonyl (C=O) groups excluding carboxylic acids is 1. The molecule has 18 heteroatoms. The Bertz CT molecular complexity index is 1880. The molecule has 5 rings (SSSR count). The fraction of sp³-hybridized carbons (Fsp3) is 0.344. The van der Waals surface area contributed by atoms with E-state index in [0.717, 1.165) is 21.8 Å². The predicted molar refractivity (Wildman–Crippen MR) is 164 cm³/mol. The number of hydrogen-bond donors (Lipinski definition) is 0. The summed E-state index contributed by atoms with van der Waals surface area (Å²) in [4.78, 5) is 19.6. The first kappa shape index (κ1) is 36.5. The summed E-state index contributed by atoms with van der Waals surface area (Å²) in [6.45, 7) is 0.833. The topological polar surface area (TPSA) is 86.0 Å². The zero-order valence-corrected chi connectivity index (χ0v) is 27.2. The molecule has 0 amide bonds. The maximum absolute atomic E-state index is 14.0. The number of esters is 1. The van der Waals surface area contributed by atoms with Crippen LogP contribution in [0.4, 0.5) is 45.5 Å². The number of carbonyl (C=O) groups is 1. The number of alkyl halides is 9. The fourth-order valence-electron chi connectivity index (χ4n) is 5.46. The van der Waals surface area contributed by atoms with Gasteiger partial charge >= 0.3 is 24.5 Å². The Morgan fingerprint density at radius 1 is 0.960 bits per heavy atom. The molecule has 0 aliphatic heterocycles. The summed E-state index contributed by atoms with van der Waals surface area (Å²) < 4.78 is 129. The van der Waals surface area contributed by atoms with Gasteiger partial charge in [-0.05, 0) is 47.5 Å². The molecule has 2 aromatic carbocycles. The third-order valence-electron chi connectivity index (χ3n) is 7.82. The minimum Gasteiger partial charge on any atom is -0.465 e. The summed E-state index contributed by atoms with van der Waals surface area (Å²) in [5.74, 6) is -2.64. The summed E-state index contributed by atoms with van der Waals surface area (Å²) >= 11 is 1.29. The molecule has 0 saturated carbocycles. The van der Waals surface area contributed by atoms with Crippen molar-refractivity contribution in [2.45, 2.75) is 44.3 Å². The zero-order valence-electron chi connectivity index (χ0n) is 26.4. The van der Waals surface area contributed by atoms with Crippen molar-refractivity contribution >= 4 is 23.3 Å². The van der Waals surface area contributed by atoms with Crippen molar-refractivity contribution in [1.82, 2.24) is 25.2 Å². The van der Waals surface area contributed by atoms with Crippen LogP contribution in [0, 0.1) is 5.92 Å². The lowest BCUT2D eigenvalue weighted by molar-refractivity contribution is -0.143. The molecule has 0 N–H and O–H groups in total. The standard InChI is InChI=1S/C32H27F9N6O2S/c1-4-25-26(42-27(50-25)18-5-7-19(8-6-18)28(48)49-3)24-10-9-21(30(33,34)35)13-20(24)16-47(29-43-45-46(2)44-29)15-17-11-22(31(36,37)38)14-23(12-17)32(39,40)41/h5-14,20,24H,4,15-16H2,1-3H3. The molecule has 266 valence electrons. The van der Waals surface area contributed by atoms with Gasteiger partial charge in [0.25, 0.3) is 5.95 Å². The smallest absolute Gasteiger partial charge is 0.416 e. The number of benzene rings is 2. The van der Waals surface area contributed by atoms with E-state index in [1.54, 1.807) is 24.3 Å². The first-order valence-electron chi connectivity index (χ1n) is 14.8. The quantitative estimate of drug-likeness (QED) is 0.127. The molecule has 1 aliphatic carbocycles. The third kappa shape index (κ3) is 8.17. The van der Waals surface area contributed by atoms with Crippen LogP contribution in [0.3, 0.4) is 0 Å². The van der Waals surface area contributed by atoms with Crippen LogP contribution in [-0.2, 0) is 37.1 Å². The van der Waals surface area contributed by atoms with Crippen molar-refractivity contribution in [1.29, 1.82) is 0 Å². The molecule has 2 heterocycles. The Balaban J connectivity index is 1.57. The van der Waals surface area contributed by atoms with Crippen LogP contribution in [-0.4, -0.2) is 51.0 Å². The molecule has 8 nitrogen and oxygen atoms in total. The molecule has 0 bridgehead atoms. The van der Waals surface area contributed by atoms with Crippen molar-refractivity contribution in [2.75, 3.05) is 18.6 Å². The van der Waals surface area contributed by atoms with Gasteiger partial charge in [-0.1, -0.05) is 42.4 Å². The minimum atomic E-state index is -5.12. The number of rotatable bonds is 9. The van der Waals surface area contributed by atoms with Crippen LogP contribution in [0.15, 0.2) is 66.3 Å². The second-order valence-corrected chi connectivity index (χ2v) is 12.4. The van der Waals surface area contributed by atoms with Gasteiger partial charge in [0.05, 0.1) is 42.1 Å². The van der Waals surface area contributed by atoms with Gasteiger partial charge in [-0.15, -0.1) is 16.4 Å². The lowest BCUT2D eigenvalue weighted by atomic mass is 9.82. The zero-order chi connectivity index (χ0) is 36.6. The van der Waals surface area contributed by atoms with Crippen LogP contribution < -0.4 is 4.90 Å². The largest absolute Gasteiger partial charge is 0.465 e. The number of nitrogens with zero attached hydrogens (tertiary/aromatic N) is 6. The molecule has 2 atom stereocenters. The van der Waals surface area contributed by atoms with Gasteiger partial charge in [0, 0.05) is 35.4 Å². The number of anilines is 1. The maximum Gasteiger partial charge on any atom is 0.416 e. The number of ether oxygens (including phenoxy) is 1. The molecular formula is C32H27F9N6O2S. The maximum atomic E-state index is 14.0. The first-order chi connectivity index (χ1) is 23.4. The van der Waals surface area contributed by atoms with Gasteiger partial charge < -0.3 is 9.64 Å². The monoisotopic (exact) mass is 730 g/mol. The number of allylic oxidation sites excluding steroid dienone is 3. The van der Waals surface area contributed by atoms with Gasteiger partial charge in [-0.25, -0.2) is 9.78 Å². The lowest BCUT2D eigenvalue weighted by Gasteiger charge is -2.31. The van der Waals surface area contributed by atoms with Gasteiger partial charge in [0.15, 0.2) is 0 Å². The second kappa shape index (κ2) is 13.9. The van der Waals surface area contributed by atoms with Gasteiger partial charge in [-0.2, -0.15) is 44.3 Å². The van der Waals surface area contributed by atoms with Crippen LogP contribution in [0.25, 0.3) is 10.6 Å². The SMILES string of the molecule is CCc1sc(-c2ccc(C(=O)OC)cc2)nc1C1C=CC(C(F)(F)F)=CC1CN(Cc1cc(C(F)(F)F)cc(C(F)(F)F)c1)c1nnn(C)n1. The summed E-state index contributed by atoms with van der Waals surface area (Å²) in [6, 6.07) is 7.45. The fourth-order valence-corrected chi connectivity index (χ4v) is 6.52. The highest BCUT2D eigenvalue weighted by atomic mass is 32.1. The van der Waals surface area contributed by atoms with Gasteiger partial charge in [0.2, 0.25) is 0 Å². The van der Waals surface area contributed by atoms with Gasteiger partial charge in [-0.3, -0.25) is 0 Å². The molecule has 0 radical (unpaired) electrons. The summed E-state index contributed by atoms with van der Waals surface area (Å²) in [5.41, 5.74) is -3.15. The molecule has 2 aromatic heterocycles. The normalized spacial score (nSPS) is 16.8. The predicted octanol–water partition coefficient (Wildman–Crippen LogP) is 8.19. The van der Waals surface area contributed by atoms with Crippen LogP contribution in [0.5, 0.6) is 0 Å². The number of thiazole rings is 1. The number of hydrogen-bond acceptors (Lipinski definition) is 8. The molecule has 4 aromatic rings. The van der Waals surface area contributed by atoms with E-state index in [-0.39, 0.29) is 18.6 Å². The number of aryl methyl sites for hydroxylation is 2.